The third kappa shape index (κ3) is 3.67. The van der Waals surface area contributed by atoms with E-state index in [0.717, 1.165) is 25.3 Å². The van der Waals surface area contributed by atoms with Crippen LogP contribution in [0.3, 0.4) is 0 Å². The molecule has 2 heterocycles. The molecule has 2 aliphatic rings. The fraction of sp³-hybridized carbons (Fsp3) is 1.00. The minimum absolute atomic E-state index is 0.463. The average molecular weight is 240 g/mol. The molecule has 0 aromatic rings. The van der Waals surface area contributed by atoms with Crippen LogP contribution in [-0.4, -0.2) is 42.8 Å². The van der Waals surface area contributed by atoms with E-state index in [1.807, 2.05) is 0 Å². The molecule has 0 spiro atoms. The number of fused-ring (bicyclic) bond motifs is 2. The highest BCUT2D eigenvalue weighted by atomic mass is 16.5. The second-order valence-electron chi connectivity index (χ2n) is 5.67. The van der Waals surface area contributed by atoms with Gasteiger partial charge in [0, 0.05) is 37.9 Å². The van der Waals surface area contributed by atoms with Gasteiger partial charge in [-0.05, 0) is 38.5 Å². The Hall–Kier alpha value is -0.120. The molecule has 0 saturated carbocycles. The maximum Gasteiger partial charge on any atom is 0.0478 e. The zero-order valence-electron chi connectivity index (χ0n) is 11.2. The van der Waals surface area contributed by atoms with Gasteiger partial charge in [-0.3, -0.25) is 4.90 Å². The smallest absolute Gasteiger partial charge is 0.0478 e. The van der Waals surface area contributed by atoms with Gasteiger partial charge in [0.1, 0.15) is 0 Å². The van der Waals surface area contributed by atoms with Gasteiger partial charge in [0.2, 0.25) is 0 Å². The van der Waals surface area contributed by atoms with Crippen LogP contribution in [-0.2, 0) is 4.74 Å². The molecule has 2 saturated heterocycles. The normalized spacial score (nSPS) is 33.2. The van der Waals surface area contributed by atoms with Crippen molar-refractivity contribution in [3.8, 4) is 0 Å². The van der Waals surface area contributed by atoms with Crippen LogP contribution < -0.4 is 5.73 Å². The molecule has 100 valence electrons. The molecule has 2 rings (SSSR count). The summed E-state index contributed by atoms with van der Waals surface area (Å²) in [7, 11) is 0. The molecular formula is C14H28N2O. The van der Waals surface area contributed by atoms with Crippen LogP contribution in [0.5, 0.6) is 0 Å². The van der Waals surface area contributed by atoms with Crippen molar-refractivity contribution in [2.45, 2.75) is 70.0 Å². The monoisotopic (exact) mass is 240 g/mol. The summed E-state index contributed by atoms with van der Waals surface area (Å²) in [5, 5.41) is 0. The highest BCUT2D eigenvalue weighted by Gasteiger charge is 2.38. The third-order valence-corrected chi connectivity index (χ3v) is 4.27. The maximum atomic E-state index is 6.08. The molecule has 2 N–H and O–H groups in total. The lowest BCUT2D eigenvalue weighted by molar-refractivity contribution is 0.0894. The minimum atomic E-state index is 0.463. The van der Waals surface area contributed by atoms with Gasteiger partial charge in [0.05, 0.1) is 0 Å². The van der Waals surface area contributed by atoms with E-state index in [4.69, 9.17) is 10.5 Å². The van der Waals surface area contributed by atoms with Crippen LogP contribution in [0.2, 0.25) is 0 Å². The number of unbranched alkanes of at least 4 members (excludes halogenated alkanes) is 1. The molecule has 2 unspecified atom stereocenters. The third-order valence-electron chi connectivity index (χ3n) is 4.27. The highest BCUT2D eigenvalue weighted by Crippen LogP contribution is 2.34. The second-order valence-corrected chi connectivity index (χ2v) is 5.67. The Morgan fingerprint density at radius 1 is 1.12 bits per heavy atom. The van der Waals surface area contributed by atoms with Gasteiger partial charge in [-0.25, -0.2) is 0 Å². The first kappa shape index (κ1) is 13.3. The van der Waals surface area contributed by atoms with Crippen molar-refractivity contribution in [3.05, 3.63) is 0 Å². The van der Waals surface area contributed by atoms with Crippen LogP contribution in [0.1, 0.15) is 51.9 Å². The van der Waals surface area contributed by atoms with Crippen LogP contribution in [0.25, 0.3) is 0 Å². The van der Waals surface area contributed by atoms with Crippen LogP contribution in [0.15, 0.2) is 0 Å². The van der Waals surface area contributed by atoms with Gasteiger partial charge in [0.15, 0.2) is 0 Å². The summed E-state index contributed by atoms with van der Waals surface area (Å²) in [5.41, 5.74) is 6.08. The summed E-state index contributed by atoms with van der Waals surface area (Å²) in [4.78, 5) is 2.70. The lowest BCUT2D eigenvalue weighted by Gasteiger charge is -2.37. The summed E-state index contributed by atoms with van der Waals surface area (Å²) in [5.74, 6) is 0. The first-order valence-corrected chi connectivity index (χ1v) is 7.40. The fourth-order valence-electron chi connectivity index (χ4n) is 3.38. The van der Waals surface area contributed by atoms with Gasteiger partial charge < -0.3 is 10.5 Å². The van der Waals surface area contributed by atoms with E-state index >= 15 is 0 Å². The Kier molecular flexibility index (Phi) is 5.26. The molecular weight excluding hydrogens is 212 g/mol. The van der Waals surface area contributed by atoms with Gasteiger partial charge >= 0.3 is 0 Å². The minimum Gasteiger partial charge on any atom is -0.381 e. The number of rotatable bonds is 7. The van der Waals surface area contributed by atoms with Crippen molar-refractivity contribution in [1.82, 2.24) is 4.90 Å². The van der Waals surface area contributed by atoms with Gasteiger partial charge in [0.25, 0.3) is 0 Å². The van der Waals surface area contributed by atoms with Gasteiger partial charge in [-0.2, -0.15) is 0 Å². The summed E-state index contributed by atoms with van der Waals surface area (Å²) in [6, 6.07) is 2.02. The fourth-order valence-corrected chi connectivity index (χ4v) is 3.38. The molecule has 17 heavy (non-hydrogen) atoms. The Morgan fingerprint density at radius 3 is 2.41 bits per heavy atom. The summed E-state index contributed by atoms with van der Waals surface area (Å²) in [6.45, 7) is 5.29. The van der Waals surface area contributed by atoms with Crippen LogP contribution >= 0.6 is 0 Å². The number of ether oxygens (including phenoxy) is 1. The Labute approximate surface area is 106 Å². The molecule has 0 radical (unpaired) electrons. The van der Waals surface area contributed by atoms with Crippen molar-refractivity contribution in [3.63, 3.8) is 0 Å². The van der Waals surface area contributed by atoms with Crippen LogP contribution in [0, 0.1) is 0 Å². The van der Waals surface area contributed by atoms with Crippen molar-refractivity contribution in [1.29, 1.82) is 0 Å². The Bertz CT molecular complexity index is 208. The SMILES string of the molecule is CCCCOCCCN1C2CCC1CC(N)C2. The Morgan fingerprint density at radius 2 is 1.76 bits per heavy atom. The molecule has 0 aromatic carbocycles. The van der Waals surface area contributed by atoms with E-state index in [1.165, 1.54) is 51.5 Å². The van der Waals surface area contributed by atoms with Crippen LogP contribution in [0.4, 0.5) is 0 Å². The first-order chi connectivity index (χ1) is 8.31. The lowest BCUT2D eigenvalue weighted by atomic mass is 9.98. The zero-order chi connectivity index (χ0) is 12.1. The van der Waals surface area contributed by atoms with Gasteiger partial charge in [-0.1, -0.05) is 13.3 Å². The molecule has 3 heteroatoms. The van der Waals surface area contributed by atoms with Crippen molar-refractivity contribution in [2.24, 2.45) is 5.73 Å². The summed E-state index contributed by atoms with van der Waals surface area (Å²) >= 11 is 0. The van der Waals surface area contributed by atoms with E-state index in [-0.39, 0.29) is 0 Å². The number of hydrogen-bond acceptors (Lipinski definition) is 3. The highest BCUT2D eigenvalue weighted by molar-refractivity contribution is 4.96. The lowest BCUT2D eigenvalue weighted by Crippen LogP contribution is -2.47. The zero-order valence-corrected chi connectivity index (χ0v) is 11.2. The molecule has 2 bridgehead atoms. The summed E-state index contributed by atoms with van der Waals surface area (Å²) < 4.78 is 5.63. The number of hydrogen-bond donors (Lipinski definition) is 1. The van der Waals surface area contributed by atoms with Crippen molar-refractivity contribution >= 4 is 0 Å². The topological polar surface area (TPSA) is 38.5 Å². The number of piperidine rings is 1. The van der Waals surface area contributed by atoms with E-state index < -0.39 is 0 Å². The van der Waals surface area contributed by atoms with E-state index in [0.29, 0.717) is 6.04 Å². The van der Waals surface area contributed by atoms with E-state index in [9.17, 15) is 0 Å². The standard InChI is InChI=1S/C14H28N2O/c1-2-3-8-17-9-4-7-16-13-5-6-14(16)11-12(15)10-13/h12-14H,2-11,15H2,1H3. The second kappa shape index (κ2) is 6.72. The molecule has 0 aliphatic carbocycles. The van der Waals surface area contributed by atoms with Crippen molar-refractivity contribution in [2.75, 3.05) is 19.8 Å². The Balaban J connectivity index is 1.60. The van der Waals surface area contributed by atoms with E-state index in [1.54, 1.807) is 0 Å². The molecule has 2 atom stereocenters. The van der Waals surface area contributed by atoms with E-state index in [2.05, 4.69) is 11.8 Å². The first-order valence-electron chi connectivity index (χ1n) is 7.40. The summed E-state index contributed by atoms with van der Waals surface area (Å²) in [6.07, 6.45) is 8.79. The largest absolute Gasteiger partial charge is 0.381 e. The maximum absolute atomic E-state index is 6.08. The predicted molar refractivity (Wildman–Crippen MR) is 71.1 cm³/mol. The molecule has 3 nitrogen and oxygen atoms in total. The molecule has 0 aromatic heterocycles. The number of nitrogens with zero attached hydrogens (tertiary/aromatic N) is 1. The number of nitrogens with two attached hydrogens (primary N) is 1. The van der Waals surface area contributed by atoms with Crippen molar-refractivity contribution < 1.29 is 4.74 Å². The van der Waals surface area contributed by atoms with Gasteiger partial charge in [-0.15, -0.1) is 0 Å². The predicted octanol–water partition coefficient (Wildman–Crippen LogP) is 2.15. The molecule has 2 fully saturated rings. The molecule has 2 aliphatic heterocycles. The average Bonchev–Trinajstić information content (AvgIpc) is 2.56. The molecule has 0 amide bonds. The quantitative estimate of drug-likeness (QED) is 0.693.